The summed E-state index contributed by atoms with van der Waals surface area (Å²) >= 11 is 0. The number of nitrogens with zero attached hydrogens (tertiary/aromatic N) is 6. The van der Waals surface area contributed by atoms with Crippen LogP contribution in [-0.4, -0.2) is 46.2 Å². The van der Waals surface area contributed by atoms with Gasteiger partial charge in [0.05, 0.1) is 12.1 Å². The lowest BCUT2D eigenvalue weighted by Crippen LogP contribution is -2.46. The molecule has 3 heterocycles. The number of piperidine rings is 1. The minimum atomic E-state index is 0.393. The number of hydrogen-bond donors (Lipinski definition) is 0. The number of aromatic nitrogens is 3. The van der Waals surface area contributed by atoms with Crippen molar-refractivity contribution in [2.75, 3.05) is 25.0 Å². The number of likely N-dealkylation sites (N-methyl/N-ethyl adjacent to an activating group) is 1. The molecule has 0 aromatic carbocycles. The molecule has 2 aromatic rings. The molecule has 1 saturated carbocycles. The molecule has 1 aliphatic heterocycles. The number of hydrogen-bond acceptors (Lipinski definition) is 7. The average molecular weight is 338 g/mol. The monoisotopic (exact) mass is 338 g/mol. The van der Waals surface area contributed by atoms with Crippen molar-refractivity contribution in [3.63, 3.8) is 0 Å². The van der Waals surface area contributed by atoms with Gasteiger partial charge in [0.25, 0.3) is 0 Å². The molecule has 7 nitrogen and oxygen atoms in total. The maximum absolute atomic E-state index is 8.90. The van der Waals surface area contributed by atoms with Crippen molar-refractivity contribution in [1.29, 1.82) is 5.26 Å². The van der Waals surface area contributed by atoms with Crippen LogP contribution in [0.3, 0.4) is 0 Å². The Kier molecular flexibility index (Phi) is 4.36. The molecule has 0 spiro atoms. The Morgan fingerprint density at radius 3 is 2.96 bits per heavy atom. The Bertz CT molecular complexity index is 761. The molecule has 2 fully saturated rings. The summed E-state index contributed by atoms with van der Waals surface area (Å²) in [6.07, 6.45) is 6.25. The molecule has 2 aromatic heterocycles. The Labute approximate surface area is 147 Å². The number of rotatable bonds is 5. The highest BCUT2D eigenvalue weighted by atomic mass is 16.5. The predicted molar refractivity (Wildman–Crippen MR) is 91.9 cm³/mol. The highest BCUT2D eigenvalue weighted by Crippen LogP contribution is 2.38. The minimum absolute atomic E-state index is 0.393. The second-order valence-corrected chi connectivity index (χ2v) is 6.98. The maximum atomic E-state index is 8.90. The van der Waals surface area contributed by atoms with Crippen LogP contribution in [0.5, 0.6) is 0 Å². The first-order valence-corrected chi connectivity index (χ1v) is 8.87. The zero-order valence-electron chi connectivity index (χ0n) is 14.4. The van der Waals surface area contributed by atoms with E-state index >= 15 is 0 Å². The minimum Gasteiger partial charge on any atom is -0.355 e. The molecule has 1 atom stereocenters. The first kappa shape index (κ1) is 16.0. The van der Waals surface area contributed by atoms with E-state index in [1.165, 1.54) is 12.8 Å². The van der Waals surface area contributed by atoms with Gasteiger partial charge in [-0.2, -0.15) is 10.2 Å². The van der Waals surface area contributed by atoms with Gasteiger partial charge >= 0.3 is 0 Å². The molecule has 7 heteroatoms. The summed E-state index contributed by atoms with van der Waals surface area (Å²) in [6.45, 7) is 2.74. The molecule has 0 unspecified atom stereocenters. The van der Waals surface area contributed by atoms with E-state index in [4.69, 9.17) is 9.78 Å². The van der Waals surface area contributed by atoms with Crippen molar-refractivity contribution < 1.29 is 4.52 Å². The summed E-state index contributed by atoms with van der Waals surface area (Å²) < 4.78 is 5.36. The van der Waals surface area contributed by atoms with Gasteiger partial charge in [-0.15, -0.1) is 0 Å². The fourth-order valence-corrected chi connectivity index (χ4v) is 3.37. The van der Waals surface area contributed by atoms with Crippen LogP contribution in [0.2, 0.25) is 0 Å². The number of anilines is 1. The van der Waals surface area contributed by atoms with E-state index in [9.17, 15) is 0 Å². The van der Waals surface area contributed by atoms with E-state index in [2.05, 4.69) is 38.0 Å². The van der Waals surface area contributed by atoms with Gasteiger partial charge in [0.15, 0.2) is 5.82 Å². The van der Waals surface area contributed by atoms with Crippen molar-refractivity contribution in [3.05, 3.63) is 35.6 Å². The van der Waals surface area contributed by atoms with Crippen molar-refractivity contribution >= 4 is 5.82 Å². The number of likely N-dealkylation sites (tertiary alicyclic amines) is 1. The summed E-state index contributed by atoms with van der Waals surface area (Å²) in [5, 5.41) is 13.0. The van der Waals surface area contributed by atoms with E-state index in [1.54, 1.807) is 6.20 Å². The van der Waals surface area contributed by atoms with E-state index in [0.717, 1.165) is 50.0 Å². The van der Waals surface area contributed by atoms with Crippen molar-refractivity contribution in [2.45, 2.75) is 44.2 Å². The number of nitriles is 1. The van der Waals surface area contributed by atoms with Gasteiger partial charge in [0.2, 0.25) is 5.89 Å². The lowest BCUT2D eigenvalue weighted by atomic mass is 10.0. The molecule has 0 amide bonds. The van der Waals surface area contributed by atoms with Crippen molar-refractivity contribution in [2.24, 2.45) is 0 Å². The normalized spacial score (nSPS) is 21.0. The molecule has 4 rings (SSSR count). The maximum Gasteiger partial charge on any atom is 0.229 e. The van der Waals surface area contributed by atoms with Crippen LogP contribution in [0.1, 0.15) is 48.9 Å². The van der Waals surface area contributed by atoms with Crippen LogP contribution in [0.15, 0.2) is 22.9 Å². The highest BCUT2D eigenvalue weighted by Gasteiger charge is 2.30. The lowest BCUT2D eigenvalue weighted by molar-refractivity contribution is 0.192. The Morgan fingerprint density at radius 1 is 1.36 bits per heavy atom. The molecular formula is C18H22N6O. The second kappa shape index (κ2) is 6.81. The van der Waals surface area contributed by atoms with Gasteiger partial charge in [-0.25, -0.2) is 4.98 Å². The molecule has 130 valence electrons. The van der Waals surface area contributed by atoms with E-state index in [0.29, 0.717) is 17.5 Å². The fourth-order valence-electron chi connectivity index (χ4n) is 3.37. The molecule has 0 N–H and O–H groups in total. The Hall–Kier alpha value is -2.46. The first-order valence-electron chi connectivity index (χ1n) is 8.87. The molecule has 1 saturated heterocycles. The van der Waals surface area contributed by atoms with E-state index in [1.807, 2.05) is 12.1 Å². The second-order valence-electron chi connectivity index (χ2n) is 6.98. The van der Waals surface area contributed by atoms with Crippen molar-refractivity contribution in [1.82, 2.24) is 20.0 Å². The molecule has 2 aliphatic rings. The molecule has 0 bridgehead atoms. The third-order valence-corrected chi connectivity index (χ3v) is 5.04. The summed E-state index contributed by atoms with van der Waals surface area (Å²) in [5.74, 6) is 3.01. The van der Waals surface area contributed by atoms with Gasteiger partial charge in [-0.3, -0.25) is 4.90 Å². The summed E-state index contributed by atoms with van der Waals surface area (Å²) in [5.41, 5.74) is 0.589. The average Bonchev–Trinajstić information content (AvgIpc) is 3.41. The third-order valence-electron chi connectivity index (χ3n) is 5.04. The zero-order chi connectivity index (χ0) is 17.2. The molecule has 1 aliphatic carbocycles. The predicted octanol–water partition coefficient (Wildman–Crippen LogP) is 2.31. The Morgan fingerprint density at radius 2 is 2.24 bits per heavy atom. The van der Waals surface area contributed by atoms with Crippen LogP contribution >= 0.6 is 0 Å². The molecular weight excluding hydrogens is 316 g/mol. The highest BCUT2D eigenvalue weighted by molar-refractivity contribution is 5.42. The fraction of sp³-hybridized carbons (Fsp3) is 0.556. The first-order chi connectivity index (χ1) is 12.2. The van der Waals surface area contributed by atoms with Crippen LogP contribution in [0.4, 0.5) is 5.82 Å². The SMILES string of the molecule is CN(c1ccc(C#N)cn1)[C@H]1CCCN(Cc2noc(C3CC3)n2)C1. The van der Waals surface area contributed by atoms with Gasteiger partial charge in [-0.05, 0) is 44.4 Å². The summed E-state index contributed by atoms with van der Waals surface area (Å²) in [7, 11) is 2.07. The third kappa shape index (κ3) is 3.64. The van der Waals surface area contributed by atoms with Crippen LogP contribution < -0.4 is 4.90 Å². The van der Waals surface area contributed by atoms with Gasteiger partial charge in [0.1, 0.15) is 11.9 Å². The van der Waals surface area contributed by atoms with Gasteiger partial charge in [-0.1, -0.05) is 5.16 Å². The largest absolute Gasteiger partial charge is 0.355 e. The number of pyridine rings is 1. The lowest BCUT2D eigenvalue weighted by Gasteiger charge is -2.37. The Balaban J connectivity index is 1.38. The summed E-state index contributed by atoms with van der Waals surface area (Å²) in [6, 6.07) is 6.23. The topological polar surface area (TPSA) is 82.1 Å². The van der Waals surface area contributed by atoms with Crippen molar-refractivity contribution in [3.8, 4) is 6.07 Å². The standard InChI is InChI=1S/C18H22N6O/c1-23(17-7-4-13(9-19)10-20-17)15-3-2-8-24(11-15)12-16-21-18(25-22-16)14-5-6-14/h4,7,10,14-15H,2-3,5-6,8,11-12H2,1H3/t15-/m0/s1. The van der Waals surface area contributed by atoms with Crippen LogP contribution in [0.25, 0.3) is 0 Å². The van der Waals surface area contributed by atoms with Crippen LogP contribution in [-0.2, 0) is 6.54 Å². The molecule has 0 radical (unpaired) electrons. The van der Waals surface area contributed by atoms with Gasteiger partial charge in [0, 0.05) is 31.7 Å². The zero-order valence-corrected chi connectivity index (χ0v) is 14.4. The van der Waals surface area contributed by atoms with E-state index < -0.39 is 0 Å². The smallest absolute Gasteiger partial charge is 0.229 e. The molecule has 25 heavy (non-hydrogen) atoms. The summed E-state index contributed by atoms with van der Waals surface area (Å²) in [4.78, 5) is 13.5. The quantitative estimate of drug-likeness (QED) is 0.827. The van der Waals surface area contributed by atoms with E-state index in [-0.39, 0.29) is 0 Å². The van der Waals surface area contributed by atoms with Crippen LogP contribution in [0, 0.1) is 11.3 Å². The van der Waals surface area contributed by atoms with Gasteiger partial charge < -0.3 is 9.42 Å².